The average Bonchev–Trinajstić information content (AvgIpc) is 1.63. The van der Waals surface area contributed by atoms with Gasteiger partial charge in [0.25, 0.3) is 6.43 Å². The van der Waals surface area contributed by atoms with Crippen LogP contribution in [-0.4, -0.2) is 20.6 Å². The van der Waals surface area contributed by atoms with Crippen LogP contribution in [0.25, 0.3) is 0 Å². The smallest absolute Gasteiger partial charge is 0.209 e. The van der Waals surface area contributed by atoms with E-state index in [1.165, 1.54) is 0 Å². The Morgan fingerprint density at radius 3 is 1.90 bits per heavy atom. The molecule has 0 aromatic rings. The van der Waals surface area contributed by atoms with Crippen molar-refractivity contribution in [2.45, 2.75) is 6.43 Å². The summed E-state index contributed by atoms with van der Waals surface area (Å²) < 4.78 is 54.6. The van der Waals surface area contributed by atoms with Gasteiger partial charge in [-0.2, -0.15) is 8.42 Å². The fourth-order valence-electron chi connectivity index (χ4n) is 0.180. The van der Waals surface area contributed by atoms with E-state index in [-0.39, 0.29) is 22.4 Å². The second-order valence-electron chi connectivity index (χ2n) is 1.18. The Hall–Kier alpha value is 0.440. The van der Waals surface area contributed by atoms with Gasteiger partial charge in [0, 0.05) is 22.4 Å². The minimum Gasteiger partial charge on any atom is -0.209 e. The molecule has 67 valence electrons. The predicted molar refractivity (Wildman–Crippen MR) is 22.0 cm³/mol. The minimum absolute atomic E-state index is 0. The molecule has 0 rings (SSSR count). The van der Waals surface area contributed by atoms with E-state index < -0.39 is 22.3 Å². The summed E-state index contributed by atoms with van der Waals surface area (Å²) in [7, 11) is -4.64. The molecule has 0 aromatic heterocycles. The Kier molecular flexibility index (Phi) is 6.71. The normalized spacial score (nSPS) is 11.2. The van der Waals surface area contributed by atoms with Crippen molar-refractivity contribution in [1.82, 2.24) is 0 Å². The maximum Gasteiger partial charge on any atom is 0.303 e. The zero-order chi connectivity index (χ0) is 7.49. The van der Waals surface area contributed by atoms with E-state index in [1.807, 2.05) is 0 Å². The Labute approximate surface area is 71.1 Å². The molecule has 0 saturated carbocycles. The number of alkyl halides is 2. The van der Waals surface area contributed by atoms with Crippen LogP contribution in [0.1, 0.15) is 0 Å². The molecular weight excluding hydrogens is 269 g/mol. The van der Waals surface area contributed by atoms with E-state index in [2.05, 4.69) is 4.39 Å². The van der Waals surface area contributed by atoms with Crippen molar-refractivity contribution < 1.29 is 48.5 Å². The van der Waals surface area contributed by atoms with Crippen molar-refractivity contribution in [3.8, 4) is 0 Å². The van der Waals surface area contributed by atoms with Gasteiger partial charge in [-0.05, 0) is 4.53 Å². The quantitative estimate of drug-likeness (QED) is 0.702. The second-order valence-corrected chi connectivity index (χ2v) is 2.75. The Balaban J connectivity index is 0. The van der Waals surface area contributed by atoms with Gasteiger partial charge in [-0.1, -0.05) is 4.39 Å². The van der Waals surface area contributed by atoms with Crippen LogP contribution in [0.2, 0.25) is 0 Å². The molecule has 10 heavy (non-hydrogen) atoms. The first-order valence-corrected chi connectivity index (χ1v) is 3.37. The van der Waals surface area contributed by atoms with Gasteiger partial charge in [0.15, 0.2) is 0 Å². The molecule has 0 N–H and O–H groups in total. The summed E-state index contributed by atoms with van der Waals surface area (Å²) >= 11 is 0. The minimum atomic E-state index is -4.64. The van der Waals surface area contributed by atoms with Gasteiger partial charge in [0.2, 0.25) is 0 Å². The molecule has 0 aliphatic rings. The first kappa shape index (κ1) is 13.1. The summed E-state index contributed by atoms with van der Waals surface area (Å²) in [6.45, 7) is 0. The molecule has 1 radical (unpaired) electrons. The maximum atomic E-state index is 11.1. The number of hydrogen-bond donors (Lipinski definition) is 0. The fourth-order valence-corrected chi connectivity index (χ4v) is 0.540. The summed E-state index contributed by atoms with van der Waals surface area (Å²) in [4.78, 5) is 0. The van der Waals surface area contributed by atoms with Gasteiger partial charge in [-0.25, -0.2) is 8.78 Å². The van der Waals surface area contributed by atoms with E-state index in [0.29, 0.717) is 0 Å². The van der Waals surface area contributed by atoms with E-state index in [9.17, 15) is 21.7 Å². The SMILES string of the molecule is O=S(=O)(CC(F)F)OF.[Ag]. The van der Waals surface area contributed by atoms with Crippen LogP contribution >= 0.6 is 0 Å². The van der Waals surface area contributed by atoms with E-state index in [0.717, 1.165) is 0 Å². The molecule has 0 saturated heterocycles. The van der Waals surface area contributed by atoms with Gasteiger partial charge >= 0.3 is 10.1 Å². The van der Waals surface area contributed by atoms with E-state index in [4.69, 9.17) is 0 Å². The predicted octanol–water partition coefficient (Wildman–Crippen LogP) is 0.480. The largest absolute Gasteiger partial charge is 0.303 e. The first-order valence-electron chi connectivity index (χ1n) is 1.79. The fraction of sp³-hybridized carbons (Fsp3) is 1.00. The van der Waals surface area contributed by atoms with Crippen molar-refractivity contribution in [3.05, 3.63) is 0 Å². The standard InChI is InChI=1S/C2H3F3O3S.Ag/c3-2(4)1-9(6,7)8-5;/h2H,1H2;. The van der Waals surface area contributed by atoms with Crippen molar-refractivity contribution in [3.63, 3.8) is 0 Å². The van der Waals surface area contributed by atoms with E-state index >= 15 is 0 Å². The zero-order valence-electron chi connectivity index (χ0n) is 4.35. The summed E-state index contributed by atoms with van der Waals surface area (Å²) in [5.41, 5.74) is 0. The third-order valence-corrected chi connectivity index (χ3v) is 1.28. The number of halogens is 3. The van der Waals surface area contributed by atoms with Crippen LogP contribution < -0.4 is 0 Å². The maximum absolute atomic E-state index is 11.1. The molecule has 0 amide bonds. The van der Waals surface area contributed by atoms with Crippen molar-refractivity contribution >= 4 is 10.1 Å². The van der Waals surface area contributed by atoms with Gasteiger partial charge in [-0.15, -0.1) is 0 Å². The summed E-state index contributed by atoms with van der Waals surface area (Å²) in [6.07, 6.45) is -3.11. The van der Waals surface area contributed by atoms with Crippen LogP contribution in [0.4, 0.5) is 13.3 Å². The third kappa shape index (κ3) is 6.56. The molecule has 0 spiro atoms. The van der Waals surface area contributed by atoms with Crippen LogP contribution in [0.15, 0.2) is 0 Å². The molecule has 0 aliphatic heterocycles. The number of rotatable bonds is 3. The first-order chi connectivity index (χ1) is 3.98. The van der Waals surface area contributed by atoms with Crippen molar-refractivity contribution in [1.29, 1.82) is 0 Å². The van der Waals surface area contributed by atoms with Gasteiger partial charge < -0.3 is 0 Å². The molecule has 8 heteroatoms. The van der Waals surface area contributed by atoms with Gasteiger partial charge in [0.1, 0.15) is 5.75 Å². The molecule has 0 aromatic carbocycles. The van der Waals surface area contributed by atoms with Crippen LogP contribution in [-0.2, 0) is 36.9 Å². The molecule has 0 fully saturated rings. The van der Waals surface area contributed by atoms with Crippen LogP contribution in [0, 0.1) is 0 Å². The Morgan fingerprint density at radius 1 is 1.40 bits per heavy atom. The molecule has 0 unspecified atom stereocenters. The number of hydrogen-bond acceptors (Lipinski definition) is 3. The molecule has 0 heterocycles. The molecular formula is C2H3AgF3O3S. The van der Waals surface area contributed by atoms with Crippen LogP contribution in [0.5, 0.6) is 0 Å². The van der Waals surface area contributed by atoms with Crippen LogP contribution in [0.3, 0.4) is 0 Å². The van der Waals surface area contributed by atoms with Crippen molar-refractivity contribution in [2.75, 3.05) is 5.75 Å². The summed E-state index contributed by atoms with van der Waals surface area (Å²) in [5, 5.41) is 0. The Morgan fingerprint density at radius 2 is 1.80 bits per heavy atom. The topological polar surface area (TPSA) is 43.4 Å². The van der Waals surface area contributed by atoms with E-state index in [1.54, 1.807) is 0 Å². The zero-order valence-corrected chi connectivity index (χ0v) is 6.65. The molecule has 3 nitrogen and oxygen atoms in total. The molecule has 0 aliphatic carbocycles. The average molecular weight is 272 g/mol. The van der Waals surface area contributed by atoms with Gasteiger partial charge in [0.05, 0.1) is 0 Å². The second kappa shape index (κ2) is 5.14. The molecule has 0 bridgehead atoms. The third-order valence-electron chi connectivity index (χ3n) is 0.426. The monoisotopic (exact) mass is 271 g/mol. The molecule has 0 atom stereocenters. The van der Waals surface area contributed by atoms with Crippen molar-refractivity contribution in [2.24, 2.45) is 0 Å². The summed E-state index contributed by atoms with van der Waals surface area (Å²) in [6, 6.07) is 0. The summed E-state index contributed by atoms with van der Waals surface area (Å²) in [5.74, 6) is -1.61. The Bertz CT molecular complexity index is 167. The van der Waals surface area contributed by atoms with Gasteiger partial charge in [-0.3, -0.25) is 0 Å².